The SMILES string of the molecule is Cc1noc(C)c1COC(=O)C1CCCN1C(=O)c1ccccc1O. The third-order valence-corrected chi connectivity index (χ3v) is 4.46. The van der Waals surface area contributed by atoms with E-state index < -0.39 is 12.0 Å². The molecule has 1 saturated heterocycles. The molecule has 25 heavy (non-hydrogen) atoms. The first-order chi connectivity index (χ1) is 12.0. The van der Waals surface area contributed by atoms with Crippen LogP contribution in [0.1, 0.15) is 40.2 Å². The maximum absolute atomic E-state index is 12.7. The summed E-state index contributed by atoms with van der Waals surface area (Å²) in [4.78, 5) is 26.6. The molecular formula is C18H20N2O5. The molecule has 132 valence electrons. The van der Waals surface area contributed by atoms with E-state index in [0.717, 1.165) is 5.56 Å². The molecule has 1 amide bonds. The average Bonchev–Trinajstić information content (AvgIpc) is 3.20. The number of aryl methyl sites for hydroxylation is 2. The third kappa shape index (κ3) is 3.35. The fraction of sp³-hybridized carbons (Fsp3) is 0.389. The number of phenolic OH excluding ortho intramolecular Hbond substituents is 1. The average molecular weight is 344 g/mol. The number of likely N-dealkylation sites (tertiary alicyclic amines) is 1. The van der Waals surface area contributed by atoms with Gasteiger partial charge in [-0.1, -0.05) is 17.3 Å². The lowest BCUT2D eigenvalue weighted by Gasteiger charge is -2.23. The second-order valence-electron chi connectivity index (χ2n) is 6.08. The molecule has 1 N–H and O–H groups in total. The Morgan fingerprint density at radius 2 is 2.12 bits per heavy atom. The topological polar surface area (TPSA) is 92.9 Å². The van der Waals surface area contributed by atoms with Gasteiger partial charge in [-0.15, -0.1) is 0 Å². The van der Waals surface area contributed by atoms with Crippen LogP contribution in [-0.4, -0.2) is 39.6 Å². The number of ether oxygens (including phenoxy) is 1. The standard InChI is InChI=1S/C18H20N2O5/c1-11-14(12(2)25-19-11)10-24-18(23)15-7-5-9-20(15)17(22)13-6-3-4-8-16(13)21/h3-4,6,8,15,21H,5,7,9-10H2,1-2H3. The predicted molar refractivity (Wildman–Crippen MR) is 87.9 cm³/mol. The number of benzene rings is 1. The molecule has 1 fully saturated rings. The molecule has 2 aromatic rings. The highest BCUT2D eigenvalue weighted by molar-refractivity contribution is 5.99. The molecule has 0 saturated carbocycles. The summed E-state index contributed by atoms with van der Waals surface area (Å²) in [7, 11) is 0. The van der Waals surface area contributed by atoms with Crippen LogP contribution in [0.2, 0.25) is 0 Å². The van der Waals surface area contributed by atoms with Crippen molar-refractivity contribution < 1.29 is 24.0 Å². The van der Waals surface area contributed by atoms with Crippen LogP contribution in [0.4, 0.5) is 0 Å². The number of esters is 1. The first kappa shape index (κ1) is 17.0. The number of rotatable bonds is 4. The summed E-state index contributed by atoms with van der Waals surface area (Å²) in [6.45, 7) is 4.06. The van der Waals surface area contributed by atoms with Crippen LogP contribution in [0.15, 0.2) is 28.8 Å². The Morgan fingerprint density at radius 3 is 2.80 bits per heavy atom. The third-order valence-electron chi connectivity index (χ3n) is 4.46. The van der Waals surface area contributed by atoms with E-state index in [1.807, 2.05) is 0 Å². The zero-order valence-corrected chi connectivity index (χ0v) is 14.2. The first-order valence-electron chi connectivity index (χ1n) is 8.16. The fourth-order valence-electron chi connectivity index (χ4n) is 3.01. The summed E-state index contributed by atoms with van der Waals surface area (Å²) in [5, 5.41) is 13.7. The van der Waals surface area contributed by atoms with Gasteiger partial charge in [0, 0.05) is 6.54 Å². The lowest BCUT2D eigenvalue weighted by atomic mass is 10.1. The van der Waals surface area contributed by atoms with Gasteiger partial charge in [-0.3, -0.25) is 4.79 Å². The number of hydrogen-bond donors (Lipinski definition) is 1. The number of aromatic nitrogens is 1. The van der Waals surface area contributed by atoms with Gasteiger partial charge in [0.2, 0.25) is 0 Å². The molecule has 0 bridgehead atoms. The second kappa shape index (κ2) is 6.96. The smallest absolute Gasteiger partial charge is 0.329 e. The molecule has 0 aliphatic carbocycles. The van der Waals surface area contributed by atoms with Crippen LogP contribution in [0.3, 0.4) is 0 Å². The summed E-state index contributed by atoms with van der Waals surface area (Å²) in [5.74, 6) is -0.308. The van der Waals surface area contributed by atoms with Gasteiger partial charge < -0.3 is 19.3 Å². The molecule has 0 spiro atoms. The van der Waals surface area contributed by atoms with Crippen LogP contribution in [0.5, 0.6) is 5.75 Å². The molecule has 7 heteroatoms. The van der Waals surface area contributed by atoms with Crippen molar-refractivity contribution >= 4 is 11.9 Å². The van der Waals surface area contributed by atoms with Crippen LogP contribution in [0, 0.1) is 13.8 Å². The van der Waals surface area contributed by atoms with Gasteiger partial charge in [0.25, 0.3) is 5.91 Å². The van der Waals surface area contributed by atoms with E-state index in [4.69, 9.17) is 9.26 Å². The number of hydrogen-bond acceptors (Lipinski definition) is 6. The predicted octanol–water partition coefficient (Wildman–Crippen LogP) is 2.35. The highest BCUT2D eigenvalue weighted by atomic mass is 16.5. The van der Waals surface area contributed by atoms with Gasteiger partial charge in [0.05, 0.1) is 16.8 Å². The highest BCUT2D eigenvalue weighted by Gasteiger charge is 2.36. The van der Waals surface area contributed by atoms with Crippen molar-refractivity contribution in [2.45, 2.75) is 39.3 Å². The van der Waals surface area contributed by atoms with Crippen molar-refractivity contribution in [3.8, 4) is 5.75 Å². The molecule has 1 aromatic heterocycles. The summed E-state index contributed by atoms with van der Waals surface area (Å²) in [6, 6.07) is 5.67. The minimum atomic E-state index is -0.646. The Balaban J connectivity index is 1.70. The van der Waals surface area contributed by atoms with Gasteiger partial charge in [0.1, 0.15) is 24.2 Å². The van der Waals surface area contributed by atoms with Crippen molar-refractivity contribution in [3.05, 3.63) is 46.8 Å². The van der Waals surface area contributed by atoms with Crippen molar-refractivity contribution in [1.82, 2.24) is 10.1 Å². The largest absolute Gasteiger partial charge is 0.507 e. The number of carbonyl (C=O) groups excluding carboxylic acids is 2. The molecule has 1 aliphatic rings. The van der Waals surface area contributed by atoms with Gasteiger partial charge in [0.15, 0.2) is 0 Å². The Kier molecular flexibility index (Phi) is 4.74. The second-order valence-corrected chi connectivity index (χ2v) is 6.08. The normalized spacial score (nSPS) is 16.9. The highest BCUT2D eigenvalue weighted by Crippen LogP contribution is 2.25. The number of nitrogens with zero attached hydrogens (tertiary/aromatic N) is 2. The molecule has 1 unspecified atom stereocenters. The zero-order chi connectivity index (χ0) is 18.0. The van der Waals surface area contributed by atoms with E-state index in [-0.39, 0.29) is 23.8 Å². The molecule has 1 atom stereocenters. The minimum absolute atomic E-state index is 0.0646. The Morgan fingerprint density at radius 1 is 1.36 bits per heavy atom. The lowest BCUT2D eigenvalue weighted by Crippen LogP contribution is -2.41. The maximum atomic E-state index is 12.7. The molecule has 2 heterocycles. The van der Waals surface area contributed by atoms with Crippen LogP contribution in [0.25, 0.3) is 0 Å². The Hall–Kier alpha value is -2.83. The van der Waals surface area contributed by atoms with Crippen molar-refractivity contribution in [2.75, 3.05) is 6.54 Å². The van der Waals surface area contributed by atoms with E-state index in [1.165, 1.54) is 11.0 Å². The fourth-order valence-corrected chi connectivity index (χ4v) is 3.01. The summed E-state index contributed by atoms with van der Waals surface area (Å²) >= 11 is 0. The molecule has 0 radical (unpaired) electrons. The van der Waals surface area contributed by atoms with E-state index in [9.17, 15) is 14.7 Å². The van der Waals surface area contributed by atoms with Gasteiger partial charge in [-0.25, -0.2) is 4.79 Å². The van der Waals surface area contributed by atoms with Crippen LogP contribution < -0.4 is 0 Å². The van der Waals surface area contributed by atoms with Crippen molar-refractivity contribution in [1.29, 1.82) is 0 Å². The van der Waals surface area contributed by atoms with Crippen molar-refractivity contribution in [3.63, 3.8) is 0 Å². The van der Waals surface area contributed by atoms with Gasteiger partial charge in [-0.2, -0.15) is 0 Å². The number of carbonyl (C=O) groups is 2. The molecule has 1 aliphatic heterocycles. The van der Waals surface area contributed by atoms with E-state index in [0.29, 0.717) is 30.8 Å². The minimum Gasteiger partial charge on any atom is -0.507 e. The number of phenols is 1. The summed E-state index contributed by atoms with van der Waals surface area (Å²) in [6.07, 6.45) is 1.25. The van der Waals surface area contributed by atoms with Crippen LogP contribution in [-0.2, 0) is 16.1 Å². The Bertz CT molecular complexity index is 779. The monoisotopic (exact) mass is 344 g/mol. The molecule has 1 aromatic carbocycles. The van der Waals surface area contributed by atoms with Crippen molar-refractivity contribution in [2.24, 2.45) is 0 Å². The summed E-state index contributed by atoms with van der Waals surface area (Å²) < 4.78 is 10.4. The molecule has 7 nitrogen and oxygen atoms in total. The van der Waals surface area contributed by atoms with E-state index >= 15 is 0 Å². The zero-order valence-electron chi connectivity index (χ0n) is 14.2. The molecule has 3 rings (SSSR count). The van der Waals surface area contributed by atoms with E-state index in [2.05, 4.69) is 5.16 Å². The Labute approximate surface area is 145 Å². The quantitative estimate of drug-likeness (QED) is 0.856. The van der Waals surface area contributed by atoms with E-state index in [1.54, 1.807) is 32.0 Å². The summed E-state index contributed by atoms with van der Waals surface area (Å²) in [5.41, 5.74) is 1.61. The number of amides is 1. The van der Waals surface area contributed by atoms with Gasteiger partial charge in [-0.05, 0) is 38.8 Å². The lowest BCUT2D eigenvalue weighted by molar-refractivity contribution is -0.149. The number of aromatic hydroxyl groups is 1. The van der Waals surface area contributed by atoms with Gasteiger partial charge >= 0.3 is 5.97 Å². The molecular weight excluding hydrogens is 324 g/mol. The first-order valence-corrected chi connectivity index (χ1v) is 8.16. The van der Waals surface area contributed by atoms with Crippen LogP contribution >= 0.6 is 0 Å². The maximum Gasteiger partial charge on any atom is 0.329 e. The number of para-hydroxylation sites is 1.